The third-order valence-corrected chi connectivity index (χ3v) is 16.2. The minimum Gasteiger partial charge on any atom is -0.379 e. The number of fused-ring (bicyclic) bond motifs is 1. The van der Waals surface area contributed by atoms with Crippen LogP contribution in [0.1, 0.15) is 128 Å². The molecule has 0 bridgehead atoms. The molecule has 6 atom stereocenters. The number of nitrogens with one attached hydrogen (secondary N) is 4. The lowest BCUT2D eigenvalue weighted by atomic mass is 9.82. The van der Waals surface area contributed by atoms with Gasteiger partial charge in [-0.15, -0.1) is 0 Å². The Morgan fingerprint density at radius 3 is 2.33 bits per heavy atom. The van der Waals surface area contributed by atoms with Crippen molar-refractivity contribution in [1.82, 2.24) is 50.5 Å². The fourth-order valence-corrected chi connectivity index (χ4v) is 11.7. The number of amides is 6. The molecule has 4 fully saturated rings. The van der Waals surface area contributed by atoms with E-state index in [4.69, 9.17) is 9.47 Å². The van der Waals surface area contributed by atoms with Crippen LogP contribution in [0.3, 0.4) is 0 Å². The summed E-state index contributed by atoms with van der Waals surface area (Å²) in [4.78, 5) is 99.5. The summed E-state index contributed by atoms with van der Waals surface area (Å²) in [6.07, 6.45) is 6.64. The summed E-state index contributed by atoms with van der Waals surface area (Å²) in [5.41, 5.74) is 0.400. The molecule has 4 aliphatic rings. The van der Waals surface area contributed by atoms with E-state index in [1.165, 1.54) is 12.4 Å². The summed E-state index contributed by atoms with van der Waals surface area (Å²) in [5.74, 6) is -0.805. The third-order valence-electron chi connectivity index (χ3n) is 16.2. The van der Waals surface area contributed by atoms with Crippen molar-refractivity contribution in [3.05, 3.63) is 60.2 Å². The van der Waals surface area contributed by atoms with Gasteiger partial charge in [0.2, 0.25) is 35.4 Å². The van der Waals surface area contributed by atoms with Crippen LogP contribution in [0.4, 0.5) is 19.0 Å². The Hall–Kier alpha value is -6.00. The Labute approximate surface area is 455 Å². The standard InChI is InChI=1S/C56H80F3N11O8/c1-35(2)67(5)42-16-18-47(70-23-19-45(55(70)76)65-53-43-31-40(56(57,58)59)13-17-44(43)62-34-63-53)46(32-42)66-54(75)37-11-14-41(15-12-37)64-48(71)20-25-77-27-28-78-26-24-69(36(3)4)50(73)10-8-22-61-49(72)29-39-30-51(74)68(6)52(39)38-9-7-21-60-33-38/h7,9,13,17,21,31,33-37,39,41-42,45-47,52H,8,10-12,14-16,18-20,22-30,32H2,1-6H3,(H,61,72)(H,64,71)(H,66,75)(H,62,63,65)/t37?,39-,41?,42+,45-,46+,47-,52+/m0/s1. The normalized spacial score (nSPS) is 23.8. The van der Waals surface area contributed by atoms with Gasteiger partial charge in [0, 0.05) is 106 Å². The topological polar surface area (TPSA) is 221 Å². The number of halogens is 3. The Morgan fingerprint density at radius 1 is 0.872 bits per heavy atom. The largest absolute Gasteiger partial charge is 0.416 e. The van der Waals surface area contributed by atoms with E-state index in [1.807, 2.05) is 30.9 Å². The molecule has 2 aliphatic heterocycles. The molecule has 0 radical (unpaired) electrons. The van der Waals surface area contributed by atoms with Gasteiger partial charge in [-0.25, -0.2) is 9.97 Å². The van der Waals surface area contributed by atoms with Crippen LogP contribution in [0.2, 0.25) is 0 Å². The highest BCUT2D eigenvalue weighted by Crippen LogP contribution is 2.39. The average molecular weight is 1090 g/mol. The van der Waals surface area contributed by atoms with Crippen LogP contribution in [-0.4, -0.2) is 172 Å². The van der Waals surface area contributed by atoms with Crippen molar-refractivity contribution in [2.45, 2.75) is 166 Å². The molecule has 7 rings (SSSR count). The van der Waals surface area contributed by atoms with Crippen molar-refractivity contribution in [2.75, 3.05) is 65.5 Å². The number of alkyl halides is 3. The maximum Gasteiger partial charge on any atom is 0.416 e. The number of rotatable bonds is 25. The molecule has 4 heterocycles. The minimum atomic E-state index is -4.55. The second-order valence-electron chi connectivity index (χ2n) is 22.0. The smallest absolute Gasteiger partial charge is 0.379 e. The summed E-state index contributed by atoms with van der Waals surface area (Å²) < 4.78 is 52.3. The zero-order chi connectivity index (χ0) is 56.1. The van der Waals surface area contributed by atoms with Crippen LogP contribution in [0, 0.1) is 11.8 Å². The van der Waals surface area contributed by atoms with Gasteiger partial charge in [-0.3, -0.25) is 33.8 Å². The van der Waals surface area contributed by atoms with Crippen LogP contribution >= 0.6 is 0 Å². The molecule has 3 aromatic rings. The van der Waals surface area contributed by atoms with Gasteiger partial charge >= 0.3 is 6.18 Å². The lowest BCUT2D eigenvalue weighted by Crippen LogP contribution is -2.59. The second kappa shape index (κ2) is 27.7. The summed E-state index contributed by atoms with van der Waals surface area (Å²) >= 11 is 0. The molecule has 2 aliphatic carbocycles. The van der Waals surface area contributed by atoms with Crippen molar-refractivity contribution in [3.63, 3.8) is 0 Å². The van der Waals surface area contributed by atoms with Crippen molar-refractivity contribution in [2.24, 2.45) is 11.8 Å². The van der Waals surface area contributed by atoms with E-state index in [-0.39, 0.29) is 133 Å². The van der Waals surface area contributed by atoms with Gasteiger partial charge in [-0.2, -0.15) is 13.2 Å². The van der Waals surface area contributed by atoms with Crippen LogP contribution < -0.4 is 21.3 Å². The number of hydrogen-bond donors (Lipinski definition) is 4. The van der Waals surface area contributed by atoms with Crippen LogP contribution in [-0.2, 0) is 44.4 Å². The Bertz CT molecular complexity index is 2520. The van der Waals surface area contributed by atoms with Gasteiger partial charge < -0.3 is 50.3 Å². The molecular weight excluding hydrogens is 1010 g/mol. The second-order valence-corrected chi connectivity index (χ2v) is 22.0. The molecule has 4 N–H and O–H groups in total. The van der Waals surface area contributed by atoms with Gasteiger partial charge in [0.15, 0.2) is 0 Å². The molecule has 19 nitrogen and oxygen atoms in total. The fourth-order valence-electron chi connectivity index (χ4n) is 11.7. The highest BCUT2D eigenvalue weighted by molar-refractivity contribution is 5.93. The number of ether oxygens (including phenoxy) is 2. The van der Waals surface area contributed by atoms with Crippen molar-refractivity contribution >= 4 is 52.2 Å². The number of aromatic nitrogens is 3. The third kappa shape index (κ3) is 15.9. The van der Waals surface area contributed by atoms with Crippen molar-refractivity contribution in [1.29, 1.82) is 0 Å². The molecule has 1 aromatic carbocycles. The van der Waals surface area contributed by atoms with Crippen LogP contribution in [0.25, 0.3) is 10.9 Å². The number of likely N-dealkylation sites (tertiary alicyclic amines) is 2. The van der Waals surface area contributed by atoms with E-state index in [0.717, 1.165) is 24.1 Å². The number of nitrogens with zero attached hydrogens (tertiary/aromatic N) is 7. The van der Waals surface area contributed by atoms with Crippen LogP contribution in [0.5, 0.6) is 0 Å². The Balaban J connectivity index is 0.770. The molecule has 2 aromatic heterocycles. The summed E-state index contributed by atoms with van der Waals surface area (Å²) in [5, 5.41) is 12.7. The first kappa shape index (κ1) is 59.7. The number of carbonyl (C=O) groups excluding carboxylic acids is 6. The summed E-state index contributed by atoms with van der Waals surface area (Å²) in [6.45, 7) is 10.4. The van der Waals surface area contributed by atoms with E-state index in [0.29, 0.717) is 96.2 Å². The molecule has 78 heavy (non-hydrogen) atoms. The maximum absolute atomic E-state index is 14.1. The number of carbonyl (C=O) groups is 6. The highest BCUT2D eigenvalue weighted by Gasteiger charge is 2.45. The molecule has 0 spiro atoms. The monoisotopic (exact) mass is 1090 g/mol. The van der Waals surface area contributed by atoms with Gasteiger partial charge in [-0.1, -0.05) is 6.07 Å². The maximum atomic E-state index is 14.1. The molecular formula is C56H80F3N11O8. The van der Waals surface area contributed by atoms with Gasteiger partial charge in [0.25, 0.3) is 0 Å². The molecule has 2 saturated heterocycles. The van der Waals surface area contributed by atoms with E-state index in [9.17, 15) is 41.9 Å². The molecule has 22 heteroatoms. The zero-order valence-electron chi connectivity index (χ0n) is 46.1. The predicted octanol–water partition coefficient (Wildman–Crippen LogP) is 5.64. The van der Waals surface area contributed by atoms with E-state index in [2.05, 4.69) is 62.0 Å². The average Bonchev–Trinajstić information content (AvgIpc) is 3.97. The van der Waals surface area contributed by atoms with Crippen molar-refractivity contribution in [3.8, 4) is 0 Å². The number of benzene rings is 1. The van der Waals surface area contributed by atoms with Crippen molar-refractivity contribution < 1.29 is 51.4 Å². The molecule has 0 unspecified atom stereocenters. The van der Waals surface area contributed by atoms with E-state index in [1.54, 1.807) is 29.2 Å². The molecule has 2 saturated carbocycles. The number of hydrogen-bond acceptors (Lipinski definition) is 13. The van der Waals surface area contributed by atoms with E-state index >= 15 is 0 Å². The van der Waals surface area contributed by atoms with Gasteiger partial charge in [-0.05, 0) is 122 Å². The quantitative estimate of drug-likeness (QED) is 0.0756. The highest BCUT2D eigenvalue weighted by atomic mass is 19.4. The first-order chi connectivity index (χ1) is 37.3. The Kier molecular flexibility index (Phi) is 21.2. The zero-order valence-corrected chi connectivity index (χ0v) is 46.1. The SMILES string of the molecule is CC(C)N(CCOCCOCCC(=O)NC1CCC(C(=O)N[C@@H]2C[C@H](N(C)C(C)C)CC[C@@H]2N2CC[C@H](Nc3ncnc4ccc(C(F)(F)F)cc34)C2=O)CC1)C(=O)CCCNC(=O)C[C@H]1CC(=O)N(C)[C@@H]1c1cccnc1. The lowest BCUT2D eigenvalue weighted by molar-refractivity contribution is -0.137. The first-order valence-electron chi connectivity index (χ1n) is 27.9. The fraction of sp³-hybridized carbons (Fsp3) is 0.661. The molecule has 6 amide bonds. The van der Waals surface area contributed by atoms with Gasteiger partial charge in [0.05, 0.1) is 55.6 Å². The summed E-state index contributed by atoms with van der Waals surface area (Å²) in [7, 11) is 3.83. The van der Waals surface area contributed by atoms with E-state index < -0.39 is 17.8 Å². The Morgan fingerprint density at radius 2 is 1.63 bits per heavy atom. The number of anilines is 1. The van der Waals surface area contributed by atoms with Crippen LogP contribution in [0.15, 0.2) is 49.1 Å². The predicted molar refractivity (Wildman–Crippen MR) is 286 cm³/mol. The minimum absolute atomic E-state index is 0.00368. The number of pyridine rings is 1. The lowest BCUT2D eigenvalue weighted by Gasteiger charge is -2.45. The molecule has 428 valence electrons. The van der Waals surface area contributed by atoms with Gasteiger partial charge in [0.1, 0.15) is 18.2 Å². The first-order valence-corrected chi connectivity index (χ1v) is 27.9. The summed E-state index contributed by atoms with van der Waals surface area (Å²) in [6, 6.07) is 5.89.